The summed E-state index contributed by atoms with van der Waals surface area (Å²) in [4.78, 5) is 23.8. The van der Waals surface area contributed by atoms with Gasteiger partial charge in [0.15, 0.2) is 6.61 Å². The van der Waals surface area contributed by atoms with Crippen LogP contribution in [-0.4, -0.2) is 18.5 Å². The highest BCUT2D eigenvalue weighted by atomic mass is 79.9. The van der Waals surface area contributed by atoms with Crippen molar-refractivity contribution in [3.05, 3.63) is 64.3 Å². The molecule has 25 heavy (non-hydrogen) atoms. The minimum Gasteiger partial charge on any atom is -0.464 e. The van der Waals surface area contributed by atoms with Crippen LogP contribution in [0, 0.1) is 6.92 Å². The van der Waals surface area contributed by atoms with Gasteiger partial charge in [0.05, 0.1) is 12.7 Å². The number of carbonyl (C=O) groups excluding carboxylic acids is 2. The Morgan fingerprint density at radius 1 is 1.16 bits per heavy atom. The van der Waals surface area contributed by atoms with Crippen molar-refractivity contribution in [2.75, 3.05) is 11.9 Å². The number of furan rings is 1. The molecule has 0 spiro atoms. The van der Waals surface area contributed by atoms with Gasteiger partial charge in [-0.05, 0) is 42.8 Å². The summed E-state index contributed by atoms with van der Waals surface area (Å²) in [5, 5.41) is 3.54. The van der Waals surface area contributed by atoms with E-state index in [1.54, 1.807) is 18.4 Å². The fourth-order valence-electron chi connectivity index (χ4n) is 2.41. The smallest absolute Gasteiger partial charge is 0.310 e. The molecule has 1 aromatic heterocycles. The molecule has 0 atom stereocenters. The van der Waals surface area contributed by atoms with Crippen molar-refractivity contribution >= 4 is 44.5 Å². The van der Waals surface area contributed by atoms with Crippen molar-refractivity contribution < 1.29 is 18.7 Å². The molecule has 6 heteroatoms. The second kappa shape index (κ2) is 7.53. The number of nitrogens with one attached hydrogen (secondary N) is 1. The summed E-state index contributed by atoms with van der Waals surface area (Å²) in [7, 11) is 0. The van der Waals surface area contributed by atoms with Crippen molar-refractivity contribution in [2.24, 2.45) is 0 Å². The standard InChI is InChI=1S/C19H16BrNO4/c1-12-2-7-16-13(10-24-17(16)8-12)9-19(23)25-11-18(22)21-15-5-3-14(20)4-6-15/h2-8,10H,9,11H2,1H3,(H,21,22). The van der Waals surface area contributed by atoms with Crippen molar-refractivity contribution in [2.45, 2.75) is 13.3 Å². The number of benzene rings is 2. The molecule has 0 saturated carbocycles. The summed E-state index contributed by atoms with van der Waals surface area (Å²) in [6.07, 6.45) is 1.61. The van der Waals surface area contributed by atoms with Gasteiger partial charge in [0.2, 0.25) is 0 Å². The lowest BCUT2D eigenvalue weighted by molar-refractivity contribution is -0.146. The SMILES string of the molecule is Cc1ccc2c(CC(=O)OCC(=O)Nc3ccc(Br)cc3)coc2c1. The Balaban J connectivity index is 1.53. The lowest BCUT2D eigenvalue weighted by Gasteiger charge is -2.06. The number of amides is 1. The number of carbonyl (C=O) groups is 2. The Morgan fingerprint density at radius 3 is 2.68 bits per heavy atom. The minimum atomic E-state index is -0.478. The number of anilines is 1. The fourth-order valence-corrected chi connectivity index (χ4v) is 2.67. The maximum absolute atomic E-state index is 12.0. The van der Waals surface area contributed by atoms with E-state index in [0.29, 0.717) is 5.69 Å². The number of hydrogen-bond donors (Lipinski definition) is 1. The number of rotatable bonds is 5. The molecule has 3 rings (SSSR count). The van der Waals surface area contributed by atoms with E-state index in [-0.39, 0.29) is 18.9 Å². The van der Waals surface area contributed by atoms with Crippen molar-refractivity contribution in [1.82, 2.24) is 0 Å². The first kappa shape index (κ1) is 17.2. The van der Waals surface area contributed by atoms with Gasteiger partial charge in [0, 0.05) is 21.1 Å². The van der Waals surface area contributed by atoms with Gasteiger partial charge in [-0.3, -0.25) is 9.59 Å². The molecule has 1 amide bonds. The molecule has 0 aliphatic carbocycles. The predicted octanol–water partition coefficient (Wildman–Crippen LogP) is 4.23. The number of aryl methyl sites for hydroxylation is 1. The van der Waals surface area contributed by atoms with Crippen molar-refractivity contribution in [1.29, 1.82) is 0 Å². The monoisotopic (exact) mass is 401 g/mol. The second-order valence-corrected chi connectivity index (χ2v) is 6.57. The molecule has 3 aromatic rings. The summed E-state index contributed by atoms with van der Waals surface area (Å²) in [6, 6.07) is 12.9. The molecule has 0 aliphatic heterocycles. The van der Waals surface area contributed by atoms with Crippen LogP contribution in [-0.2, 0) is 20.7 Å². The van der Waals surface area contributed by atoms with Gasteiger partial charge in [-0.1, -0.05) is 28.1 Å². The minimum absolute atomic E-state index is 0.0572. The van der Waals surface area contributed by atoms with Gasteiger partial charge in [0.1, 0.15) is 5.58 Å². The highest BCUT2D eigenvalue weighted by molar-refractivity contribution is 9.10. The first-order valence-electron chi connectivity index (χ1n) is 7.69. The third-order valence-corrected chi connectivity index (χ3v) is 4.17. The Bertz CT molecular complexity index is 915. The van der Waals surface area contributed by atoms with Gasteiger partial charge in [0.25, 0.3) is 5.91 Å². The van der Waals surface area contributed by atoms with Crippen LogP contribution in [0.25, 0.3) is 11.0 Å². The van der Waals surface area contributed by atoms with E-state index in [1.165, 1.54) is 0 Å². The highest BCUT2D eigenvalue weighted by Gasteiger charge is 2.13. The Morgan fingerprint density at radius 2 is 1.92 bits per heavy atom. The van der Waals surface area contributed by atoms with Crippen LogP contribution < -0.4 is 5.32 Å². The second-order valence-electron chi connectivity index (χ2n) is 5.65. The molecular formula is C19H16BrNO4. The number of esters is 1. The van der Waals surface area contributed by atoms with Crippen LogP contribution in [0.5, 0.6) is 0 Å². The molecule has 1 heterocycles. The first-order chi connectivity index (χ1) is 12.0. The molecule has 0 bridgehead atoms. The van der Waals surface area contributed by atoms with Gasteiger partial charge < -0.3 is 14.5 Å². The molecule has 0 fully saturated rings. The molecule has 0 radical (unpaired) electrons. The normalized spacial score (nSPS) is 10.6. The number of halogens is 1. The third-order valence-electron chi connectivity index (χ3n) is 3.64. The zero-order valence-electron chi connectivity index (χ0n) is 13.5. The van der Waals surface area contributed by atoms with Crippen LogP contribution in [0.3, 0.4) is 0 Å². The first-order valence-corrected chi connectivity index (χ1v) is 8.48. The van der Waals surface area contributed by atoms with Crippen molar-refractivity contribution in [3.63, 3.8) is 0 Å². The third kappa shape index (κ3) is 4.48. The number of hydrogen-bond acceptors (Lipinski definition) is 4. The predicted molar refractivity (Wildman–Crippen MR) is 98.4 cm³/mol. The van der Waals surface area contributed by atoms with Gasteiger partial charge in [-0.25, -0.2) is 0 Å². The van der Waals surface area contributed by atoms with Crippen LogP contribution in [0.2, 0.25) is 0 Å². The molecule has 0 unspecified atom stereocenters. The largest absolute Gasteiger partial charge is 0.464 e. The zero-order valence-corrected chi connectivity index (χ0v) is 15.1. The van der Waals surface area contributed by atoms with Crippen LogP contribution in [0.1, 0.15) is 11.1 Å². The van der Waals surface area contributed by atoms with Crippen LogP contribution in [0.15, 0.2) is 57.6 Å². The Kier molecular flexibility index (Phi) is 5.19. The van der Waals surface area contributed by atoms with Gasteiger partial charge in [-0.15, -0.1) is 0 Å². The molecule has 0 saturated heterocycles. The van der Waals surface area contributed by atoms with Crippen LogP contribution in [0.4, 0.5) is 5.69 Å². The van der Waals surface area contributed by atoms with E-state index in [9.17, 15) is 9.59 Å². The van der Waals surface area contributed by atoms with Gasteiger partial charge in [-0.2, -0.15) is 0 Å². The molecule has 1 N–H and O–H groups in total. The van der Waals surface area contributed by atoms with Gasteiger partial charge >= 0.3 is 5.97 Å². The fraction of sp³-hybridized carbons (Fsp3) is 0.158. The number of ether oxygens (including phenoxy) is 1. The van der Waals surface area contributed by atoms with E-state index in [0.717, 1.165) is 26.6 Å². The van der Waals surface area contributed by atoms with E-state index in [4.69, 9.17) is 9.15 Å². The molecule has 128 valence electrons. The molecule has 0 aliphatic rings. The average Bonchev–Trinajstić information content (AvgIpc) is 2.97. The maximum Gasteiger partial charge on any atom is 0.310 e. The lowest BCUT2D eigenvalue weighted by Crippen LogP contribution is -2.21. The molecule has 5 nitrogen and oxygen atoms in total. The van der Waals surface area contributed by atoms with E-state index in [2.05, 4.69) is 21.2 Å². The number of fused-ring (bicyclic) bond motifs is 1. The molecule has 2 aromatic carbocycles. The average molecular weight is 402 g/mol. The summed E-state index contributed by atoms with van der Waals surface area (Å²) >= 11 is 3.32. The zero-order chi connectivity index (χ0) is 17.8. The summed E-state index contributed by atoms with van der Waals surface area (Å²) in [5.41, 5.74) is 3.20. The Hall–Kier alpha value is -2.60. The highest BCUT2D eigenvalue weighted by Crippen LogP contribution is 2.23. The van der Waals surface area contributed by atoms with Crippen molar-refractivity contribution in [3.8, 4) is 0 Å². The van der Waals surface area contributed by atoms with Crippen LogP contribution >= 0.6 is 15.9 Å². The van der Waals surface area contributed by atoms with E-state index in [1.807, 2.05) is 37.3 Å². The lowest BCUT2D eigenvalue weighted by atomic mass is 10.1. The summed E-state index contributed by atoms with van der Waals surface area (Å²) in [6.45, 7) is 1.64. The van der Waals surface area contributed by atoms with E-state index >= 15 is 0 Å². The summed E-state index contributed by atoms with van der Waals surface area (Å²) in [5.74, 6) is -0.863. The topological polar surface area (TPSA) is 68.5 Å². The molecular weight excluding hydrogens is 386 g/mol. The Labute approximate surface area is 153 Å². The quantitative estimate of drug-likeness (QED) is 0.649. The maximum atomic E-state index is 12.0. The van der Waals surface area contributed by atoms with E-state index < -0.39 is 5.97 Å². The summed E-state index contributed by atoms with van der Waals surface area (Å²) < 4.78 is 11.4.